The van der Waals surface area contributed by atoms with Crippen LogP contribution in [0.1, 0.15) is 5.56 Å². The van der Waals surface area contributed by atoms with Gasteiger partial charge in [-0.3, -0.25) is 30.4 Å². The van der Waals surface area contributed by atoms with Crippen molar-refractivity contribution in [2.24, 2.45) is 5.10 Å². The third-order valence-electron chi connectivity index (χ3n) is 4.08. The molecule has 0 saturated heterocycles. The highest BCUT2D eigenvalue weighted by Gasteiger charge is 2.21. The Morgan fingerprint density at radius 2 is 1.66 bits per heavy atom. The Labute approximate surface area is 186 Å². The molecular formula is C19H14ClN5O6S. The van der Waals surface area contributed by atoms with Gasteiger partial charge in [0, 0.05) is 34.5 Å². The van der Waals surface area contributed by atoms with Crippen molar-refractivity contribution >= 4 is 50.6 Å². The number of sulfonamides is 1. The van der Waals surface area contributed by atoms with Crippen LogP contribution in [0.25, 0.3) is 0 Å². The van der Waals surface area contributed by atoms with Crippen molar-refractivity contribution in [3.8, 4) is 0 Å². The number of nitrogens with one attached hydrogen (secondary N) is 2. The molecule has 0 radical (unpaired) electrons. The third-order valence-corrected chi connectivity index (χ3v) is 5.80. The Morgan fingerprint density at radius 3 is 2.31 bits per heavy atom. The molecule has 0 aliphatic carbocycles. The second kappa shape index (κ2) is 9.41. The Bertz CT molecular complexity index is 1320. The monoisotopic (exact) mass is 475 g/mol. The number of nitro groups is 2. The highest BCUT2D eigenvalue weighted by molar-refractivity contribution is 7.92. The third kappa shape index (κ3) is 5.36. The van der Waals surface area contributed by atoms with Crippen LogP contribution in [0, 0.1) is 20.2 Å². The summed E-state index contributed by atoms with van der Waals surface area (Å²) < 4.78 is 27.5. The topological polar surface area (TPSA) is 157 Å². The van der Waals surface area contributed by atoms with Gasteiger partial charge in [0.25, 0.3) is 21.4 Å². The first-order chi connectivity index (χ1) is 15.2. The second-order valence-electron chi connectivity index (χ2n) is 6.24. The molecular weight excluding hydrogens is 462 g/mol. The summed E-state index contributed by atoms with van der Waals surface area (Å²) in [6, 6.07) is 15.0. The Morgan fingerprint density at radius 1 is 0.938 bits per heavy atom. The van der Waals surface area contributed by atoms with E-state index in [-0.39, 0.29) is 26.9 Å². The van der Waals surface area contributed by atoms with Crippen molar-refractivity contribution in [2.45, 2.75) is 4.90 Å². The van der Waals surface area contributed by atoms with Gasteiger partial charge in [0.05, 0.1) is 21.0 Å². The number of anilines is 2. The molecule has 3 aromatic carbocycles. The lowest BCUT2D eigenvalue weighted by atomic mass is 10.2. The van der Waals surface area contributed by atoms with Crippen LogP contribution in [0.15, 0.2) is 76.7 Å². The van der Waals surface area contributed by atoms with E-state index in [4.69, 9.17) is 11.6 Å². The van der Waals surface area contributed by atoms with Crippen molar-refractivity contribution in [3.05, 3.63) is 97.5 Å². The van der Waals surface area contributed by atoms with Gasteiger partial charge in [0.1, 0.15) is 5.69 Å². The average molecular weight is 476 g/mol. The van der Waals surface area contributed by atoms with Gasteiger partial charge in [-0.1, -0.05) is 29.8 Å². The predicted molar refractivity (Wildman–Crippen MR) is 120 cm³/mol. The number of hydrogen-bond donors (Lipinski definition) is 2. The molecule has 0 bridgehead atoms. The fourth-order valence-electron chi connectivity index (χ4n) is 2.56. The van der Waals surface area contributed by atoms with Gasteiger partial charge < -0.3 is 0 Å². The Kier molecular flexibility index (Phi) is 6.66. The Balaban J connectivity index is 1.86. The zero-order chi connectivity index (χ0) is 23.3. The maximum absolute atomic E-state index is 12.6. The number of halogens is 1. The molecule has 13 heteroatoms. The van der Waals surface area contributed by atoms with Crippen LogP contribution in [-0.2, 0) is 10.0 Å². The lowest BCUT2D eigenvalue weighted by Gasteiger charge is -2.09. The molecule has 0 spiro atoms. The first-order valence-electron chi connectivity index (χ1n) is 8.77. The highest BCUT2D eigenvalue weighted by Crippen LogP contribution is 2.29. The fraction of sp³-hybridized carbons (Fsp3) is 0. The SMILES string of the molecule is O=[N+]([O-])c1ccc(Cl)c(C=NNc2ccc(S(=O)(=O)Nc3ccccc3)cc2[N+](=O)[O-])c1. The molecule has 164 valence electrons. The molecule has 3 aromatic rings. The minimum Gasteiger partial charge on any atom is -0.280 e. The molecule has 3 rings (SSSR count). The molecule has 0 heterocycles. The maximum atomic E-state index is 12.6. The standard InChI is InChI=1S/C19H14ClN5O6S/c20-17-8-6-15(24(26)27)10-13(17)12-21-22-18-9-7-16(11-19(18)25(28)29)32(30,31)23-14-4-2-1-3-5-14/h1-12,22-23H. The number of rotatable bonds is 8. The highest BCUT2D eigenvalue weighted by atomic mass is 35.5. The van der Waals surface area contributed by atoms with Crippen molar-refractivity contribution in [1.82, 2.24) is 0 Å². The van der Waals surface area contributed by atoms with Gasteiger partial charge in [-0.25, -0.2) is 8.42 Å². The van der Waals surface area contributed by atoms with Gasteiger partial charge >= 0.3 is 0 Å². The molecule has 0 fully saturated rings. The normalized spacial score (nSPS) is 11.3. The summed E-state index contributed by atoms with van der Waals surface area (Å²) in [5, 5.41) is 26.4. The van der Waals surface area contributed by atoms with Gasteiger partial charge in [0.2, 0.25) is 0 Å². The van der Waals surface area contributed by atoms with E-state index in [0.717, 1.165) is 12.3 Å². The van der Waals surface area contributed by atoms with Gasteiger partial charge in [-0.2, -0.15) is 5.10 Å². The summed E-state index contributed by atoms with van der Waals surface area (Å²) in [4.78, 5) is 20.7. The van der Waals surface area contributed by atoms with Crippen LogP contribution in [0.5, 0.6) is 0 Å². The summed E-state index contributed by atoms with van der Waals surface area (Å²) in [5.74, 6) is 0. The lowest BCUT2D eigenvalue weighted by molar-refractivity contribution is -0.384. The zero-order valence-electron chi connectivity index (χ0n) is 16.0. The van der Waals surface area contributed by atoms with Crippen molar-refractivity contribution in [2.75, 3.05) is 10.1 Å². The van der Waals surface area contributed by atoms with Crippen molar-refractivity contribution in [3.63, 3.8) is 0 Å². The Hall–Kier alpha value is -4.03. The number of hydrazone groups is 1. The van der Waals surface area contributed by atoms with Crippen LogP contribution in [0.2, 0.25) is 5.02 Å². The second-order valence-corrected chi connectivity index (χ2v) is 8.33. The summed E-state index contributed by atoms with van der Waals surface area (Å²) in [7, 11) is -4.07. The number of nitro benzene ring substituents is 2. The zero-order valence-corrected chi connectivity index (χ0v) is 17.6. The molecule has 0 aromatic heterocycles. The molecule has 0 atom stereocenters. The van der Waals surface area contributed by atoms with Crippen molar-refractivity contribution < 1.29 is 18.3 Å². The van der Waals surface area contributed by atoms with Gasteiger partial charge in [-0.05, 0) is 30.3 Å². The van der Waals surface area contributed by atoms with E-state index in [1.54, 1.807) is 18.2 Å². The first kappa shape index (κ1) is 22.7. The van der Waals surface area contributed by atoms with E-state index in [2.05, 4.69) is 15.2 Å². The van der Waals surface area contributed by atoms with Crippen LogP contribution in [-0.4, -0.2) is 24.5 Å². The fourth-order valence-corrected chi connectivity index (χ4v) is 3.80. The molecule has 0 saturated carbocycles. The largest absolute Gasteiger partial charge is 0.295 e. The summed E-state index contributed by atoms with van der Waals surface area (Å²) >= 11 is 5.98. The van der Waals surface area contributed by atoms with Crippen molar-refractivity contribution in [1.29, 1.82) is 0 Å². The first-order valence-corrected chi connectivity index (χ1v) is 10.6. The van der Waals surface area contributed by atoms with Crippen LogP contribution in [0.4, 0.5) is 22.7 Å². The molecule has 0 aliphatic heterocycles. The minimum atomic E-state index is -4.07. The predicted octanol–water partition coefficient (Wildman–Crippen LogP) is 4.40. The van der Waals surface area contributed by atoms with E-state index < -0.39 is 25.6 Å². The lowest BCUT2D eigenvalue weighted by Crippen LogP contribution is -2.13. The minimum absolute atomic E-state index is 0.0912. The number of nitrogens with zero attached hydrogens (tertiary/aromatic N) is 3. The van der Waals surface area contributed by atoms with E-state index in [9.17, 15) is 28.6 Å². The quantitative estimate of drug-likeness (QED) is 0.277. The van der Waals surface area contributed by atoms with E-state index in [1.807, 2.05) is 0 Å². The van der Waals surface area contributed by atoms with E-state index >= 15 is 0 Å². The number of para-hydroxylation sites is 1. The summed E-state index contributed by atoms with van der Waals surface area (Å²) in [6.07, 6.45) is 1.15. The van der Waals surface area contributed by atoms with Gasteiger partial charge in [0.15, 0.2) is 0 Å². The van der Waals surface area contributed by atoms with Crippen LogP contribution in [0.3, 0.4) is 0 Å². The average Bonchev–Trinajstić information content (AvgIpc) is 2.75. The molecule has 0 amide bonds. The van der Waals surface area contributed by atoms with Crippen LogP contribution < -0.4 is 10.1 Å². The number of benzene rings is 3. The summed E-state index contributed by atoms with van der Waals surface area (Å²) in [6.45, 7) is 0. The van der Waals surface area contributed by atoms with Gasteiger partial charge in [-0.15, -0.1) is 0 Å². The van der Waals surface area contributed by atoms with Crippen LogP contribution >= 0.6 is 11.6 Å². The summed E-state index contributed by atoms with van der Waals surface area (Å²) in [5.41, 5.74) is 2.11. The molecule has 0 unspecified atom stereocenters. The van der Waals surface area contributed by atoms with E-state index in [0.29, 0.717) is 5.69 Å². The molecule has 32 heavy (non-hydrogen) atoms. The molecule has 2 N–H and O–H groups in total. The number of non-ortho nitro benzene ring substituents is 1. The maximum Gasteiger partial charge on any atom is 0.295 e. The molecule has 11 nitrogen and oxygen atoms in total. The smallest absolute Gasteiger partial charge is 0.280 e. The number of hydrogen-bond acceptors (Lipinski definition) is 8. The molecule has 0 aliphatic rings. The van der Waals surface area contributed by atoms with E-state index in [1.165, 1.54) is 42.5 Å².